The Morgan fingerprint density at radius 2 is 2.12 bits per heavy atom. The molecule has 0 saturated heterocycles. The molecule has 0 radical (unpaired) electrons. The van der Waals surface area contributed by atoms with E-state index >= 15 is 0 Å². The molecular weight excluding hydrogens is 432 g/mol. The van der Waals surface area contributed by atoms with Crippen LogP contribution in [0.3, 0.4) is 0 Å². The van der Waals surface area contributed by atoms with Crippen LogP contribution in [0.25, 0.3) is 11.4 Å². The molecule has 0 fully saturated rings. The van der Waals surface area contributed by atoms with Crippen molar-refractivity contribution in [3.63, 3.8) is 0 Å². The molecule has 5 nitrogen and oxygen atoms in total. The molecule has 1 aromatic carbocycles. The van der Waals surface area contributed by atoms with E-state index in [1.165, 1.54) is 4.88 Å². The van der Waals surface area contributed by atoms with Crippen LogP contribution in [0.4, 0.5) is 0 Å². The van der Waals surface area contributed by atoms with Crippen molar-refractivity contribution in [1.82, 2.24) is 19.2 Å². The largest absolute Gasteiger partial charge is 0.497 e. The zero-order chi connectivity index (χ0) is 18.7. The van der Waals surface area contributed by atoms with Gasteiger partial charge in [0, 0.05) is 24.0 Å². The van der Waals surface area contributed by atoms with Crippen molar-refractivity contribution in [3.05, 3.63) is 49.8 Å². The van der Waals surface area contributed by atoms with E-state index in [0.717, 1.165) is 34.0 Å². The monoisotopic (exact) mass is 452 g/mol. The summed E-state index contributed by atoms with van der Waals surface area (Å²) in [7, 11) is 3.62. The molecule has 0 aliphatic carbocycles. The summed E-state index contributed by atoms with van der Waals surface area (Å²) in [6, 6.07) is 12.1. The molecule has 138 valence electrons. The molecular formula is C18H21BrN4OS2. The van der Waals surface area contributed by atoms with Crippen LogP contribution in [0.15, 0.2) is 40.2 Å². The van der Waals surface area contributed by atoms with Crippen LogP contribution in [0.1, 0.15) is 11.8 Å². The first-order chi connectivity index (χ1) is 12.5. The van der Waals surface area contributed by atoms with Crippen molar-refractivity contribution in [3.8, 4) is 17.1 Å². The molecule has 0 unspecified atom stereocenters. The van der Waals surface area contributed by atoms with Crippen molar-refractivity contribution < 1.29 is 4.74 Å². The number of halogens is 1. The SMILES string of the molecule is CCN(Cc1ccc(Br)s1)Cn1nc(-c2cccc(OC)c2)n(C)c1=S. The Labute approximate surface area is 171 Å². The molecule has 2 aromatic heterocycles. The average molecular weight is 453 g/mol. The van der Waals surface area contributed by atoms with Gasteiger partial charge in [-0.1, -0.05) is 19.1 Å². The first-order valence-corrected chi connectivity index (χ1v) is 10.3. The van der Waals surface area contributed by atoms with Gasteiger partial charge in [0.1, 0.15) is 5.75 Å². The fourth-order valence-electron chi connectivity index (χ4n) is 2.70. The van der Waals surface area contributed by atoms with E-state index in [2.05, 4.69) is 39.9 Å². The van der Waals surface area contributed by atoms with Gasteiger partial charge in [-0.25, -0.2) is 4.68 Å². The summed E-state index contributed by atoms with van der Waals surface area (Å²) in [6.45, 7) is 4.60. The Kier molecular flexibility index (Phi) is 6.29. The number of thiophene rings is 1. The van der Waals surface area contributed by atoms with Crippen LogP contribution in [-0.4, -0.2) is 32.9 Å². The zero-order valence-corrected chi connectivity index (χ0v) is 18.2. The lowest BCUT2D eigenvalue weighted by atomic mass is 10.2. The van der Waals surface area contributed by atoms with Crippen LogP contribution in [-0.2, 0) is 20.3 Å². The molecule has 0 amide bonds. The third kappa shape index (κ3) is 4.25. The minimum Gasteiger partial charge on any atom is -0.497 e. The normalized spacial score (nSPS) is 11.3. The summed E-state index contributed by atoms with van der Waals surface area (Å²) in [5, 5.41) is 4.76. The number of ether oxygens (including phenoxy) is 1. The van der Waals surface area contributed by atoms with E-state index in [-0.39, 0.29) is 0 Å². The summed E-state index contributed by atoms with van der Waals surface area (Å²) < 4.78 is 11.0. The van der Waals surface area contributed by atoms with E-state index in [0.29, 0.717) is 11.4 Å². The molecule has 8 heteroatoms. The summed E-state index contributed by atoms with van der Waals surface area (Å²) in [6.07, 6.45) is 0. The molecule has 2 heterocycles. The highest BCUT2D eigenvalue weighted by atomic mass is 79.9. The smallest absolute Gasteiger partial charge is 0.199 e. The van der Waals surface area contributed by atoms with E-state index in [9.17, 15) is 0 Å². The second-order valence-electron chi connectivity index (χ2n) is 5.89. The molecule has 26 heavy (non-hydrogen) atoms. The summed E-state index contributed by atoms with van der Waals surface area (Å²) in [5.41, 5.74) is 0.988. The van der Waals surface area contributed by atoms with Gasteiger partial charge < -0.3 is 9.30 Å². The van der Waals surface area contributed by atoms with E-state index in [1.54, 1.807) is 18.4 Å². The molecule has 0 spiro atoms. The van der Waals surface area contributed by atoms with Crippen molar-refractivity contribution in [2.24, 2.45) is 7.05 Å². The Bertz CT molecular complexity index is 947. The maximum atomic E-state index is 5.61. The third-order valence-corrected chi connectivity index (χ3v) is 6.25. The van der Waals surface area contributed by atoms with Crippen molar-refractivity contribution >= 4 is 39.5 Å². The third-order valence-electron chi connectivity index (χ3n) is 4.16. The van der Waals surface area contributed by atoms with Crippen LogP contribution < -0.4 is 4.74 Å². The standard InChI is InChI=1S/C18H21BrN4OS2/c1-4-22(11-15-8-9-16(19)26-15)12-23-18(25)21(2)17(20-23)13-6-5-7-14(10-13)24-3/h5-10H,4,11-12H2,1-3H3. The Hall–Kier alpha value is -1.48. The molecule has 0 saturated carbocycles. The summed E-state index contributed by atoms with van der Waals surface area (Å²) in [5.74, 6) is 1.64. The number of hydrogen-bond donors (Lipinski definition) is 0. The first-order valence-electron chi connectivity index (χ1n) is 8.26. The van der Waals surface area contributed by atoms with Crippen LogP contribution in [0, 0.1) is 4.77 Å². The first kappa shape index (κ1) is 19.3. The minimum absolute atomic E-state index is 0.655. The fraction of sp³-hybridized carbons (Fsp3) is 0.333. The van der Waals surface area contributed by atoms with Crippen LogP contribution >= 0.6 is 39.5 Å². The van der Waals surface area contributed by atoms with E-state index in [4.69, 9.17) is 22.1 Å². The second-order valence-corrected chi connectivity index (χ2v) is 8.80. The Morgan fingerprint density at radius 1 is 1.31 bits per heavy atom. The van der Waals surface area contributed by atoms with Crippen molar-refractivity contribution in [2.75, 3.05) is 13.7 Å². The summed E-state index contributed by atoms with van der Waals surface area (Å²) >= 11 is 10.9. The predicted molar refractivity (Wildman–Crippen MR) is 112 cm³/mol. The van der Waals surface area contributed by atoms with Gasteiger partial charge in [0.2, 0.25) is 0 Å². The number of benzene rings is 1. The number of hydrogen-bond acceptors (Lipinski definition) is 5. The quantitative estimate of drug-likeness (QED) is 0.476. The Balaban J connectivity index is 1.85. The van der Waals surface area contributed by atoms with Crippen molar-refractivity contribution in [2.45, 2.75) is 20.1 Å². The maximum absolute atomic E-state index is 5.61. The molecule has 0 aliphatic heterocycles. The second kappa shape index (κ2) is 8.47. The number of nitrogens with zero attached hydrogens (tertiary/aromatic N) is 4. The number of aromatic nitrogens is 3. The van der Waals surface area contributed by atoms with Gasteiger partial charge in [0.25, 0.3) is 0 Å². The molecule has 3 aromatic rings. The Morgan fingerprint density at radius 3 is 2.77 bits per heavy atom. The fourth-order valence-corrected chi connectivity index (χ4v) is 4.41. The lowest BCUT2D eigenvalue weighted by Gasteiger charge is -2.19. The predicted octanol–water partition coefficient (Wildman–Crippen LogP) is 4.93. The van der Waals surface area contributed by atoms with E-state index in [1.807, 2.05) is 40.6 Å². The highest BCUT2D eigenvalue weighted by Crippen LogP contribution is 2.24. The molecule has 0 bridgehead atoms. The molecule has 0 aliphatic rings. The zero-order valence-electron chi connectivity index (χ0n) is 15.0. The van der Waals surface area contributed by atoms with Crippen molar-refractivity contribution in [1.29, 1.82) is 0 Å². The average Bonchev–Trinajstić information content (AvgIpc) is 3.19. The van der Waals surface area contributed by atoms with Gasteiger partial charge in [-0.15, -0.1) is 11.3 Å². The number of methoxy groups -OCH3 is 1. The van der Waals surface area contributed by atoms with Gasteiger partial charge in [-0.05, 0) is 59.0 Å². The highest BCUT2D eigenvalue weighted by Gasteiger charge is 2.13. The van der Waals surface area contributed by atoms with Gasteiger partial charge >= 0.3 is 0 Å². The molecule has 3 rings (SSSR count). The van der Waals surface area contributed by atoms with E-state index < -0.39 is 0 Å². The maximum Gasteiger partial charge on any atom is 0.199 e. The van der Waals surface area contributed by atoms with Gasteiger partial charge in [0.15, 0.2) is 10.6 Å². The lowest BCUT2D eigenvalue weighted by molar-refractivity contribution is 0.209. The topological polar surface area (TPSA) is 35.2 Å². The molecule has 0 N–H and O–H groups in total. The molecule has 0 atom stereocenters. The van der Waals surface area contributed by atoms with Gasteiger partial charge in [-0.3, -0.25) is 4.90 Å². The van der Waals surface area contributed by atoms with Gasteiger partial charge in [-0.2, -0.15) is 5.10 Å². The number of rotatable bonds is 7. The minimum atomic E-state index is 0.655. The highest BCUT2D eigenvalue weighted by molar-refractivity contribution is 9.11. The lowest BCUT2D eigenvalue weighted by Crippen LogP contribution is -2.26. The van der Waals surface area contributed by atoms with Crippen LogP contribution in [0.5, 0.6) is 5.75 Å². The van der Waals surface area contributed by atoms with Gasteiger partial charge in [0.05, 0.1) is 17.6 Å². The van der Waals surface area contributed by atoms with Crippen LogP contribution in [0.2, 0.25) is 0 Å². The summed E-state index contributed by atoms with van der Waals surface area (Å²) in [4.78, 5) is 3.63.